The lowest BCUT2D eigenvalue weighted by atomic mass is 10.1. The van der Waals surface area contributed by atoms with Crippen LogP contribution in [-0.2, 0) is 13.0 Å². The fourth-order valence-electron chi connectivity index (χ4n) is 3.11. The van der Waals surface area contributed by atoms with Crippen LogP contribution in [-0.4, -0.2) is 15.3 Å². The SMILES string of the molecule is O=C(Cn1c(Cc2ccccc2Cl)nc2ccccc21)c1ccccc1. The van der Waals surface area contributed by atoms with E-state index in [4.69, 9.17) is 16.6 Å². The Labute approximate surface area is 156 Å². The summed E-state index contributed by atoms with van der Waals surface area (Å²) < 4.78 is 1.99. The second-order valence-electron chi connectivity index (χ2n) is 6.16. The van der Waals surface area contributed by atoms with E-state index in [1.165, 1.54) is 0 Å². The summed E-state index contributed by atoms with van der Waals surface area (Å²) in [5.41, 5.74) is 3.54. The molecule has 0 aliphatic rings. The molecule has 0 aliphatic carbocycles. The van der Waals surface area contributed by atoms with Gasteiger partial charge in [0, 0.05) is 17.0 Å². The first-order chi connectivity index (χ1) is 12.7. The van der Waals surface area contributed by atoms with E-state index in [0.717, 1.165) is 22.4 Å². The molecule has 1 aromatic heterocycles. The second-order valence-corrected chi connectivity index (χ2v) is 6.57. The first kappa shape index (κ1) is 16.6. The fourth-order valence-corrected chi connectivity index (χ4v) is 3.31. The minimum absolute atomic E-state index is 0.0640. The van der Waals surface area contributed by atoms with Gasteiger partial charge in [-0.25, -0.2) is 4.98 Å². The normalized spacial score (nSPS) is 11.0. The van der Waals surface area contributed by atoms with Crippen LogP contribution in [0, 0.1) is 0 Å². The van der Waals surface area contributed by atoms with Gasteiger partial charge in [0.2, 0.25) is 0 Å². The molecule has 0 saturated carbocycles. The van der Waals surface area contributed by atoms with Crippen LogP contribution >= 0.6 is 11.6 Å². The van der Waals surface area contributed by atoms with Gasteiger partial charge in [0.1, 0.15) is 5.82 Å². The third-order valence-corrected chi connectivity index (χ3v) is 4.81. The molecule has 1 heterocycles. The van der Waals surface area contributed by atoms with Crippen molar-refractivity contribution in [3.05, 3.63) is 101 Å². The van der Waals surface area contributed by atoms with Crippen LogP contribution < -0.4 is 0 Å². The number of carbonyl (C=O) groups is 1. The van der Waals surface area contributed by atoms with Crippen molar-refractivity contribution in [1.82, 2.24) is 9.55 Å². The lowest BCUT2D eigenvalue weighted by Crippen LogP contribution is -2.13. The van der Waals surface area contributed by atoms with E-state index in [1.54, 1.807) is 0 Å². The number of imidazole rings is 1. The highest BCUT2D eigenvalue weighted by molar-refractivity contribution is 6.31. The number of hydrogen-bond acceptors (Lipinski definition) is 2. The van der Waals surface area contributed by atoms with E-state index in [9.17, 15) is 4.79 Å². The van der Waals surface area contributed by atoms with Gasteiger partial charge in [0.05, 0.1) is 17.6 Å². The third-order valence-electron chi connectivity index (χ3n) is 4.44. The summed E-state index contributed by atoms with van der Waals surface area (Å²) in [5, 5.41) is 0.709. The molecule has 4 rings (SSSR count). The monoisotopic (exact) mass is 360 g/mol. The van der Waals surface area contributed by atoms with E-state index in [2.05, 4.69) is 0 Å². The second kappa shape index (κ2) is 7.14. The zero-order valence-electron chi connectivity index (χ0n) is 14.1. The highest BCUT2D eigenvalue weighted by atomic mass is 35.5. The Morgan fingerprint density at radius 3 is 2.38 bits per heavy atom. The summed E-state index contributed by atoms with van der Waals surface area (Å²) >= 11 is 6.32. The minimum atomic E-state index is 0.0640. The van der Waals surface area contributed by atoms with Gasteiger partial charge in [0.25, 0.3) is 0 Å². The highest BCUT2D eigenvalue weighted by Crippen LogP contribution is 2.23. The van der Waals surface area contributed by atoms with Crippen molar-refractivity contribution >= 4 is 28.4 Å². The molecule has 4 heteroatoms. The average molecular weight is 361 g/mol. The molecule has 3 aromatic carbocycles. The first-order valence-electron chi connectivity index (χ1n) is 8.48. The van der Waals surface area contributed by atoms with Gasteiger partial charge in [-0.05, 0) is 23.8 Å². The Morgan fingerprint density at radius 1 is 0.885 bits per heavy atom. The zero-order valence-corrected chi connectivity index (χ0v) is 14.9. The predicted octanol–water partition coefficient (Wildman–Crippen LogP) is 5.16. The molecule has 0 aliphatic heterocycles. The number of ketones is 1. The predicted molar refractivity (Wildman–Crippen MR) is 105 cm³/mol. The molecule has 0 saturated heterocycles. The molecule has 0 unspecified atom stereocenters. The number of nitrogens with zero attached hydrogens (tertiary/aromatic N) is 2. The van der Waals surface area contributed by atoms with Crippen molar-refractivity contribution in [2.75, 3.05) is 0 Å². The van der Waals surface area contributed by atoms with Crippen molar-refractivity contribution in [3.63, 3.8) is 0 Å². The van der Waals surface area contributed by atoms with Crippen LogP contribution in [0.3, 0.4) is 0 Å². The lowest BCUT2D eigenvalue weighted by Gasteiger charge is -2.10. The number of aromatic nitrogens is 2. The number of halogens is 1. The summed E-state index contributed by atoms with van der Waals surface area (Å²) in [6.07, 6.45) is 0.580. The number of hydrogen-bond donors (Lipinski definition) is 0. The van der Waals surface area contributed by atoms with Gasteiger partial charge < -0.3 is 4.57 Å². The van der Waals surface area contributed by atoms with Crippen molar-refractivity contribution in [1.29, 1.82) is 0 Å². The summed E-state index contributed by atoms with van der Waals surface area (Å²) in [5.74, 6) is 0.901. The van der Waals surface area contributed by atoms with E-state index in [-0.39, 0.29) is 12.3 Å². The molecule has 0 radical (unpaired) electrons. The quantitative estimate of drug-likeness (QED) is 0.460. The minimum Gasteiger partial charge on any atom is -0.320 e. The number of Topliss-reactive ketones (excluding diaryl/α,β-unsaturated/α-hetero) is 1. The van der Waals surface area contributed by atoms with Crippen LogP contribution in [0.25, 0.3) is 11.0 Å². The number of carbonyl (C=O) groups excluding carboxylic acids is 1. The van der Waals surface area contributed by atoms with Crippen molar-refractivity contribution < 1.29 is 4.79 Å². The van der Waals surface area contributed by atoms with Gasteiger partial charge in [0.15, 0.2) is 5.78 Å². The number of benzene rings is 3. The Hall–Kier alpha value is -2.91. The summed E-state index contributed by atoms with van der Waals surface area (Å²) in [4.78, 5) is 17.5. The Bertz CT molecular complexity index is 1070. The lowest BCUT2D eigenvalue weighted by molar-refractivity contribution is 0.0972. The molecule has 0 fully saturated rings. The maximum absolute atomic E-state index is 12.8. The molecular formula is C22H17ClN2O. The topological polar surface area (TPSA) is 34.9 Å². The fraction of sp³-hybridized carbons (Fsp3) is 0.0909. The van der Waals surface area contributed by atoms with Crippen molar-refractivity contribution in [3.8, 4) is 0 Å². The number of para-hydroxylation sites is 2. The first-order valence-corrected chi connectivity index (χ1v) is 8.86. The molecule has 4 aromatic rings. The van der Waals surface area contributed by atoms with Gasteiger partial charge in [-0.1, -0.05) is 72.3 Å². The molecule has 26 heavy (non-hydrogen) atoms. The van der Waals surface area contributed by atoms with Gasteiger partial charge in [-0.2, -0.15) is 0 Å². The highest BCUT2D eigenvalue weighted by Gasteiger charge is 2.15. The molecule has 3 nitrogen and oxygen atoms in total. The van der Waals surface area contributed by atoms with Gasteiger partial charge in [-0.15, -0.1) is 0 Å². The van der Waals surface area contributed by atoms with Gasteiger partial charge >= 0.3 is 0 Å². The molecule has 0 amide bonds. The summed E-state index contributed by atoms with van der Waals surface area (Å²) in [7, 11) is 0. The molecule has 0 N–H and O–H groups in total. The Morgan fingerprint density at radius 2 is 1.58 bits per heavy atom. The Balaban J connectivity index is 1.75. The van der Waals surface area contributed by atoms with Crippen LogP contribution in [0.2, 0.25) is 5.02 Å². The average Bonchev–Trinajstić information content (AvgIpc) is 3.01. The standard InChI is InChI=1S/C22H17ClN2O/c23-18-11-5-4-10-17(18)14-22-24-19-12-6-7-13-20(19)25(22)15-21(26)16-8-2-1-3-9-16/h1-13H,14-15H2. The van der Waals surface area contributed by atoms with E-state index in [1.807, 2.05) is 83.4 Å². The molecule has 0 spiro atoms. The van der Waals surface area contributed by atoms with Gasteiger partial charge in [-0.3, -0.25) is 4.79 Å². The van der Waals surface area contributed by atoms with Crippen molar-refractivity contribution in [2.45, 2.75) is 13.0 Å². The van der Waals surface area contributed by atoms with Crippen molar-refractivity contribution in [2.24, 2.45) is 0 Å². The summed E-state index contributed by atoms with van der Waals surface area (Å²) in [6.45, 7) is 0.254. The maximum Gasteiger partial charge on any atom is 0.182 e. The molecular weight excluding hydrogens is 344 g/mol. The molecule has 0 atom stereocenters. The zero-order chi connectivity index (χ0) is 17.9. The van der Waals surface area contributed by atoms with E-state index >= 15 is 0 Å². The van der Waals surface area contributed by atoms with Crippen LogP contribution in [0.5, 0.6) is 0 Å². The van der Waals surface area contributed by atoms with Crippen LogP contribution in [0.4, 0.5) is 0 Å². The largest absolute Gasteiger partial charge is 0.320 e. The third kappa shape index (κ3) is 3.26. The van der Waals surface area contributed by atoms with E-state index in [0.29, 0.717) is 17.0 Å². The molecule has 128 valence electrons. The smallest absolute Gasteiger partial charge is 0.182 e. The number of rotatable bonds is 5. The molecule has 0 bridgehead atoms. The number of fused-ring (bicyclic) bond motifs is 1. The summed E-state index contributed by atoms with van der Waals surface area (Å²) in [6, 6.07) is 25.0. The Kier molecular flexibility index (Phi) is 4.55. The van der Waals surface area contributed by atoms with E-state index < -0.39 is 0 Å². The van der Waals surface area contributed by atoms with Crippen LogP contribution in [0.1, 0.15) is 21.7 Å². The van der Waals surface area contributed by atoms with Crippen LogP contribution in [0.15, 0.2) is 78.9 Å². The maximum atomic E-state index is 12.8.